The van der Waals surface area contributed by atoms with Crippen LogP contribution in [0, 0.1) is 0 Å². The van der Waals surface area contributed by atoms with E-state index in [1.54, 1.807) is 21.8 Å². The average Bonchev–Trinajstić information content (AvgIpc) is 3.13. The predicted molar refractivity (Wildman–Crippen MR) is 79.9 cm³/mol. The maximum Gasteiger partial charge on any atom is 0.418 e. The molecule has 2 aromatic rings. The molecule has 1 fully saturated rings. The van der Waals surface area contributed by atoms with Crippen molar-refractivity contribution in [1.82, 2.24) is 20.3 Å². The molecule has 23 heavy (non-hydrogen) atoms. The molecule has 0 aliphatic carbocycles. The van der Waals surface area contributed by atoms with Gasteiger partial charge in [-0.2, -0.15) is 13.2 Å². The van der Waals surface area contributed by atoms with Crippen LogP contribution in [-0.4, -0.2) is 34.1 Å². The molecule has 0 amide bonds. The van der Waals surface area contributed by atoms with Crippen LogP contribution in [0.1, 0.15) is 17.7 Å². The Balaban J connectivity index is 1.65. The lowest BCUT2D eigenvalue weighted by molar-refractivity contribution is -0.137. The molecule has 0 saturated carbocycles. The van der Waals surface area contributed by atoms with E-state index in [9.17, 15) is 13.2 Å². The molecule has 124 valence electrons. The number of hydrogen-bond acceptors (Lipinski definition) is 4. The van der Waals surface area contributed by atoms with Crippen LogP contribution in [0.4, 0.5) is 18.9 Å². The Labute approximate surface area is 132 Å². The fraction of sp³-hybridized carbons (Fsp3) is 0.467. The van der Waals surface area contributed by atoms with Crippen LogP contribution < -0.4 is 10.2 Å². The van der Waals surface area contributed by atoms with Crippen LogP contribution in [-0.2, 0) is 19.8 Å². The molecule has 1 atom stereocenters. The summed E-state index contributed by atoms with van der Waals surface area (Å²) in [5, 5.41) is 11.0. The topological polar surface area (TPSA) is 46.0 Å². The monoisotopic (exact) mass is 325 g/mol. The molecule has 1 aromatic heterocycles. The van der Waals surface area contributed by atoms with Crippen LogP contribution in [0.3, 0.4) is 0 Å². The summed E-state index contributed by atoms with van der Waals surface area (Å²) >= 11 is 0. The molecule has 0 radical (unpaired) electrons. The number of nitrogens with one attached hydrogen (secondary N) is 1. The van der Waals surface area contributed by atoms with Gasteiger partial charge in [-0.3, -0.25) is 4.68 Å². The van der Waals surface area contributed by atoms with Crippen molar-refractivity contribution in [3.05, 3.63) is 41.7 Å². The molecular weight excluding hydrogens is 307 g/mol. The largest absolute Gasteiger partial charge is 0.418 e. The molecule has 8 heteroatoms. The number of hydrogen-bond donors (Lipinski definition) is 1. The Bertz CT molecular complexity index is 667. The van der Waals surface area contributed by atoms with E-state index in [0.29, 0.717) is 19.6 Å². The number of para-hydroxylation sites is 1. The van der Waals surface area contributed by atoms with Gasteiger partial charge in [-0.05, 0) is 18.6 Å². The summed E-state index contributed by atoms with van der Waals surface area (Å²) < 4.78 is 41.0. The van der Waals surface area contributed by atoms with Gasteiger partial charge in [0.25, 0.3) is 0 Å². The van der Waals surface area contributed by atoms with Gasteiger partial charge in [0.15, 0.2) is 0 Å². The summed E-state index contributed by atoms with van der Waals surface area (Å²) in [7, 11) is 1.81. The average molecular weight is 325 g/mol. The van der Waals surface area contributed by atoms with E-state index in [-0.39, 0.29) is 11.7 Å². The number of benzene rings is 1. The molecular formula is C15H18F3N5. The summed E-state index contributed by atoms with van der Waals surface area (Å²) in [6, 6.07) is 5.89. The normalized spacial score (nSPS) is 18.6. The molecule has 2 heterocycles. The smallest absolute Gasteiger partial charge is 0.369 e. The molecule has 1 aliphatic heterocycles. The SMILES string of the molecule is Cn1nncc1CNC1CCN(c2ccccc2C(F)(F)F)C1. The number of anilines is 1. The minimum Gasteiger partial charge on any atom is -0.369 e. The third kappa shape index (κ3) is 3.47. The van der Waals surface area contributed by atoms with Gasteiger partial charge in [0, 0.05) is 38.4 Å². The van der Waals surface area contributed by atoms with Gasteiger partial charge in [0.1, 0.15) is 0 Å². The van der Waals surface area contributed by atoms with E-state index in [0.717, 1.165) is 18.2 Å². The Morgan fingerprint density at radius 2 is 2.09 bits per heavy atom. The second-order valence-corrected chi connectivity index (χ2v) is 5.68. The number of nitrogens with zero attached hydrogens (tertiary/aromatic N) is 4. The molecule has 0 spiro atoms. The predicted octanol–water partition coefficient (Wildman–Crippen LogP) is 2.20. The first kappa shape index (κ1) is 15.8. The standard InChI is InChI=1S/C15H18F3N5/c1-22-12(9-20-21-22)8-19-11-6-7-23(10-11)14-5-3-2-4-13(14)15(16,17)18/h2-5,9,11,19H,6-8,10H2,1H3. The lowest BCUT2D eigenvalue weighted by Gasteiger charge is -2.23. The first-order valence-electron chi connectivity index (χ1n) is 7.43. The highest BCUT2D eigenvalue weighted by molar-refractivity contribution is 5.55. The van der Waals surface area contributed by atoms with Crippen LogP contribution in [0.5, 0.6) is 0 Å². The second kappa shape index (κ2) is 6.19. The zero-order valence-corrected chi connectivity index (χ0v) is 12.7. The third-order valence-corrected chi connectivity index (χ3v) is 4.12. The zero-order chi connectivity index (χ0) is 16.4. The molecule has 1 unspecified atom stereocenters. The third-order valence-electron chi connectivity index (χ3n) is 4.12. The Hall–Kier alpha value is -2.09. The van der Waals surface area contributed by atoms with Crippen molar-refractivity contribution in [1.29, 1.82) is 0 Å². The molecule has 1 N–H and O–H groups in total. The highest BCUT2D eigenvalue weighted by atomic mass is 19.4. The summed E-state index contributed by atoms with van der Waals surface area (Å²) in [5.41, 5.74) is 0.627. The van der Waals surface area contributed by atoms with Crippen molar-refractivity contribution >= 4 is 5.69 Å². The highest BCUT2D eigenvalue weighted by Gasteiger charge is 2.36. The first-order valence-corrected chi connectivity index (χ1v) is 7.43. The van der Waals surface area contributed by atoms with Crippen molar-refractivity contribution in [2.24, 2.45) is 7.05 Å². The van der Waals surface area contributed by atoms with Crippen molar-refractivity contribution in [3.63, 3.8) is 0 Å². The number of aryl methyl sites for hydroxylation is 1. The summed E-state index contributed by atoms with van der Waals surface area (Å²) in [5.74, 6) is 0. The zero-order valence-electron chi connectivity index (χ0n) is 12.7. The van der Waals surface area contributed by atoms with Gasteiger partial charge < -0.3 is 10.2 Å². The fourth-order valence-electron chi connectivity index (χ4n) is 2.85. The van der Waals surface area contributed by atoms with Crippen molar-refractivity contribution < 1.29 is 13.2 Å². The second-order valence-electron chi connectivity index (χ2n) is 5.68. The Kier molecular flexibility index (Phi) is 4.25. The number of aromatic nitrogens is 3. The fourth-order valence-corrected chi connectivity index (χ4v) is 2.85. The van der Waals surface area contributed by atoms with E-state index in [1.165, 1.54) is 12.1 Å². The van der Waals surface area contributed by atoms with Gasteiger partial charge in [-0.1, -0.05) is 17.3 Å². The number of halogens is 3. The number of rotatable bonds is 4. The van der Waals surface area contributed by atoms with E-state index >= 15 is 0 Å². The lowest BCUT2D eigenvalue weighted by Crippen LogP contribution is -2.33. The number of alkyl halides is 3. The molecule has 0 bridgehead atoms. The maximum atomic E-state index is 13.1. The van der Waals surface area contributed by atoms with Gasteiger partial charge in [0.05, 0.1) is 17.5 Å². The van der Waals surface area contributed by atoms with Gasteiger partial charge in [-0.15, -0.1) is 5.10 Å². The lowest BCUT2D eigenvalue weighted by atomic mass is 10.1. The van der Waals surface area contributed by atoms with E-state index in [4.69, 9.17) is 0 Å². The molecule has 1 aliphatic rings. The minimum absolute atomic E-state index is 0.145. The Morgan fingerprint density at radius 3 is 2.78 bits per heavy atom. The highest BCUT2D eigenvalue weighted by Crippen LogP contribution is 2.37. The van der Waals surface area contributed by atoms with Crippen molar-refractivity contribution in [2.75, 3.05) is 18.0 Å². The maximum absolute atomic E-state index is 13.1. The summed E-state index contributed by atoms with van der Waals surface area (Å²) in [4.78, 5) is 1.79. The Morgan fingerprint density at radius 1 is 1.30 bits per heavy atom. The first-order chi connectivity index (χ1) is 10.9. The molecule has 5 nitrogen and oxygen atoms in total. The van der Waals surface area contributed by atoms with Gasteiger partial charge in [0.2, 0.25) is 0 Å². The minimum atomic E-state index is -4.33. The van der Waals surface area contributed by atoms with E-state index < -0.39 is 11.7 Å². The molecule has 3 rings (SSSR count). The summed E-state index contributed by atoms with van der Waals surface area (Å²) in [6.07, 6.45) is -1.85. The van der Waals surface area contributed by atoms with E-state index in [2.05, 4.69) is 15.6 Å². The van der Waals surface area contributed by atoms with Crippen LogP contribution >= 0.6 is 0 Å². The van der Waals surface area contributed by atoms with Crippen LogP contribution in [0.25, 0.3) is 0 Å². The van der Waals surface area contributed by atoms with E-state index in [1.807, 2.05) is 7.05 Å². The quantitative estimate of drug-likeness (QED) is 0.936. The van der Waals surface area contributed by atoms with Crippen molar-refractivity contribution in [2.45, 2.75) is 25.2 Å². The molecule has 1 aromatic carbocycles. The summed E-state index contributed by atoms with van der Waals surface area (Å²) in [6.45, 7) is 1.76. The molecule has 1 saturated heterocycles. The van der Waals surface area contributed by atoms with Crippen molar-refractivity contribution in [3.8, 4) is 0 Å². The van der Waals surface area contributed by atoms with Crippen LogP contribution in [0.15, 0.2) is 30.5 Å². The van der Waals surface area contributed by atoms with Gasteiger partial charge in [-0.25, -0.2) is 0 Å². The van der Waals surface area contributed by atoms with Crippen LogP contribution in [0.2, 0.25) is 0 Å². The van der Waals surface area contributed by atoms with Gasteiger partial charge >= 0.3 is 6.18 Å².